The third kappa shape index (κ3) is 5.29. The number of amides is 1. The van der Waals surface area contributed by atoms with E-state index in [0.717, 1.165) is 11.6 Å². The molecule has 28 heavy (non-hydrogen) atoms. The van der Waals surface area contributed by atoms with Crippen LogP contribution < -0.4 is 10.1 Å². The molecule has 0 aromatic heterocycles. The van der Waals surface area contributed by atoms with Gasteiger partial charge < -0.3 is 14.8 Å². The molecule has 0 fully saturated rings. The van der Waals surface area contributed by atoms with Crippen molar-refractivity contribution in [1.82, 2.24) is 5.32 Å². The van der Waals surface area contributed by atoms with Gasteiger partial charge in [0.1, 0.15) is 11.3 Å². The summed E-state index contributed by atoms with van der Waals surface area (Å²) in [4.78, 5) is 34.9. The molecule has 0 radical (unpaired) electrons. The number of non-ortho nitro benzene ring substituents is 1. The van der Waals surface area contributed by atoms with Crippen molar-refractivity contribution < 1.29 is 24.0 Å². The summed E-state index contributed by atoms with van der Waals surface area (Å²) in [7, 11) is 1.33. The lowest BCUT2D eigenvalue weighted by atomic mass is 10.0. The predicted molar refractivity (Wildman–Crippen MR) is 102 cm³/mol. The number of esters is 1. The Balaban J connectivity index is 1.99. The van der Waals surface area contributed by atoms with Crippen LogP contribution >= 0.6 is 0 Å². The molecule has 0 aliphatic rings. The number of rotatable bonds is 8. The number of nitrogens with zero attached hydrogens (tertiary/aromatic N) is 1. The van der Waals surface area contributed by atoms with Gasteiger partial charge in [-0.25, -0.2) is 4.79 Å². The lowest BCUT2D eigenvalue weighted by Gasteiger charge is -2.17. The van der Waals surface area contributed by atoms with Crippen molar-refractivity contribution in [2.45, 2.75) is 25.9 Å². The Hall–Kier alpha value is -3.42. The van der Waals surface area contributed by atoms with Crippen LogP contribution in [0.2, 0.25) is 0 Å². The molecule has 0 heterocycles. The van der Waals surface area contributed by atoms with Crippen molar-refractivity contribution >= 4 is 17.6 Å². The second kappa shape index (κ2) is 9.50. The summed E-state index contributed by atoms with van der Waals surface area (Å²) >= 11 is 0. The fraction of sp³-hybridized carbons (Fsp3) is 0.300. The first-order chi connectivity index (χ1) is 13.3. The summed E-state index contributed by atoms with van der Waals surface area (Å²) in [5, 5.41) is 13.7. The van der Waals surface area contributed by atoms with E-state index in [0.29, 0.717) is 6.54 Å². The number of benzene rings is 2. The molecule has 0 unspecified atom stereocenters. The van der Waals surface area contributed by atoms with Crippen LogP contribution in [0.5, 0.6) is 5.75 Å². The van der Waals surface area contributed by atoms with E-state index < -0.39 is 22.9 Å². The summed E-state index contributed by atoms with van der Waals surface area (Å²) in [5.74, 6) is -1.12. The Bertz CT molecular complexity index is 853. The molecule has 0 bridgehead atoms. The summed E-state index contributed by atoms with van der Waals surface area (Å²) in [6.45, 7) is 3.79. The van der Waals surface area contributed by atoms with Gasteiger partial charge in [0, 0.05) is 18.7 Å². The first-order valence-corrected chi connectivity index (χ1v) is 8.69. The minimum absolute atomic E-state index is 0.0879. The highest BCUT2D eigenvalue weighted by Crippen LogP contribution is 2.25. The molecule has 1 N–H and O–H groups in total. The number of methoxy groups -OCH3 is 1. The lowest BCUT2D eigenvalue weighted by molar-refractivity contribution is -0.384. The van der Waals surface area contributed by atoms with Gasteiger partial charge in [-0.3, -0.25) is 14.9 Å². The Kier molecular flexibility index (Phi) is 7.08. The topological polar surface area (TPSA) is 108 Å². The molecule has 2 aromatic rings. The molecule has 2 rings (SSSR count). The van der Waals surface area contributed by atoms with Crippen LogP contribution in [0.1, 0.15) is 35.7 Å². The standard InChI is InChI=1S/C20H22N2O6/c1-13(15-7-5-4-6-8-15)12-21-19(23)14(2)28-20(24)17-11-16(22(25)26)9-10-18(17)27-3/h4-11,13-14H,12H2,1-3H3,(H,21,23)/t13-,14+/m1/s1. The maximum absolute atomic E-state index is 12.4. The van der Waals surface area contributed by atoms with Crippen LogP contribution in [-0.2, 0) is 9.53 Å². The maximum atomic E-state index is 12.4. The van der Waals surface area contributed by atoms with Gasteiger partial charge in [-0.2, -0.15) is 0 Å². The van der Waals surface area contributed by atoms with E-state index >= 15 is 0 Å². The lowest BCUT2D eigenvalue weighted by Crippen LogP contribution is -2.37. The number of hydrogen-bond acceptors (Lipinski definition) is 6. The smallest absolute Gasteiger partial charge is 0.342 e. The SMILES string of the molecule is COc1ccc([N+](=O)[O-])cc1C(=O)O[C@@H](C)C(=O)NC[C@@H](C)c1ccccc1. The van der Waals surface area contributed by atoms with Gasteiger partial charge in [0.2, 0.25) is 0 Å². The summed E-state index contributed by atoms with van der Waals surface area (Å²) in [6.07, 6.45) is -1.07. The molecule has 1 amide bonds. The van der Waals surface area contributed by atoms with Crippen LogP contribution in [0.4, 0.5) is 5.69 Å². The normalized spacial score (nSPS) is 12.5. The van der Waals surface area contributed by atoms with E-state index in [4.69, 9.17) is 9.47 Å². The molecule has 0 saturated heterocycles. The predicted octanol–water partition coefficient (Wildman–Crippen LogP) is 3.07. The number of nitro groups is 1. The number of carbonyl (C=O) groups is 2. The molecule has 2 aromatic carbocycles. The van der Waals surface area contributed by atoms with E-state index in [2.05, 4.69) is 5.32 Å². The number of nitro benzene ring substituents is 1. The zero-order valence-electron chi connectivity index (χ0n) is 15.9. The molecule has 148 valence electrons. The van der Waals surface area contributed by atoms with Gasteiger partial charge in [0.25, 0.3) is 11.6 Å². The molecule has 0 spiro atoms. The number of ether oxygens (including phenoxy) is 2. The van der Waals surface area contributed by atoms with Crippen LogP contribution in [0.3, 0.4) is 0 Å². The molecule has 2 atom stereocenters. The van der Waals surface area contributed by atoms with E-state index in [1.165, 1.54) is 26.2 Å². The van der Waals surface area contributed by atoms with Crippen LogP contribution in [0.15, 0.2) is 48.5 Å². The van der Waals surface area contributed by atoms with Gasteiger partial charge in [-0.1, -0.05) is 37.3 Å². The average molecular weight is 386 g/mol. The van der Waals surface area contributed by atoms with Gasteiger partial charge >= 0.3 is 5.97 Å². The molecule has 0 saturated carbocycles. The molecule has 8 nitrogen and oxygen atoms in total. The third-order valence-corrected chi connectivity index (χ3v) is 4.22. The highest BCUT2D eigenvalue weighted by atomic mass is 16.6. The van der Waals surface area contributed by atoms with Gasteiger partial charge in [-0.15, -0.1) is 0 Å². The zero-order chi connectivity index (χ0) is 20.7. The van der Waals surface area contributed by atoms with Crippen molar-refractivity contribution in [1.29, 1.82) is 0 Å². The Labute approximate surface area is 162 Å². The van der Waals surface area contributed by atoms with Crippen LogP contribution in [0, 0.1) is 10.1 Å². The first kappa shape index (κ1) is 20.9. The van der Waals surface area contributed by atoms with Gasteiger partial charge in [-0.05, 0) is 24.5 Å². The maximum Gasteiger partial charge on any atom is 0.342 e. The summed E-state index contributed by atoms with van der Waals surface area (Å²) in [6, 6.07) is 13.3. The van der Waals surface area contributed by atoms with Crippen molar-refractivity contribution in [3.05, 3.63) is 69.8 Å². The van der Waals surface area contributed by atoms with Crippen molar-refractivity contribution in [2.24, 2.45) is 0 Å². The summed E-state index contributed by atoms with van der Waals surface area (Å²) < 4.78 is 10.2. The second-order valence-corrected chi connectivity index (χ2v) is 6.25. The summed E-state index contributed by atoms with van der Waals surface area (Å²) in [5.41, 5.74) is 0.685. The average Bonchev–Trinajstić information content (AvgIpc) is 2.71. The van der Waals surface area contributed by atoms with Crippen molar-refractivity contribution in [3.63, 3.8) is 0 Å². The van der Waals surface area contributed by atoms with E-state index in [9.17, 15) is 19.7 Å². The number of hydrogen-bond donors (Lipinski definition) is 1. The van der Waals surface area contributed by atoms with Crippen LogP contribution in [0.25, 0.3) is 0 Å². The van der Waals surface area contributed by atoms with Gasteiger partial charge in [0.05, 0.1) is 12.0 Å². The third-order valence-electron chi connectivity index (χ3n) is 4.22. The Morgan fingerprint density at radius 2 is 1.82 bits per heavy atom. The Morgan fingerprint density at radius 1 is 1.14 bits per heavy atom. The highest BCUT2D eigenvalue weighted by molar-refractivity contribution is 5.95. The Morgan fingerprint density at radius 3 is 2.43 bits per heavy atom. The molecule has 0 aliphatic carbocycles. The quantitative estimate of drug-likeness (QED) is 0.424. The number of carbonyl (C=O) groups excluding carboxylic acids is 2. The minimum atomic E-state index is -1.07. The zero-order valence-corrected chi connectivity index (χ0v) is 15.9. The molecular weight excluding hydrogens is 364 g/mol. The van der Waals surface area contributed by atoms with Crippen molar-refractivity contribution in [2.75, 3.05) is 13.7 Å². The molecule has 0 aliphatic heterocycles. The van der Waals surface area contributed by atoms with E-state index in [-0.39, 0.29) is 22.9 Å². The molecule has 8 heteroatoms. The second-order valence-electron chi connectivity index (χ2n) is 6.25. The van der Waals surface area contributed by atoms with Crippen molar-refractivity contribution in [3.8, 4) is 5.75 Å². The molecular formula is C20H22N2O6. The highest BCUT2D eigenvalue weighted by Gasteiger charge is 2.23. The first-order valence-electron chi connectivity index (χ1n) is 8.69. The largest absolute Gasteiger partial charge is 0.496 e. The number of nitrogens with one attached hydrogen (secondary N) is 1. The minimum Gasteiger partial charge on any atom is -0.496 e. The fourth-order valence-corrected chi connectivity index (χ4v) is 2.54. The van der Waals surface area contributed by atoms with Gasteiger partial charge in [0.15, 0.2) is 6.10 Å². The van der Waals surface area contributed by atoms with E-state index in [1.807, 2.05) is 37.3 Å². The monoisotopic (exact) mass is 386 g/mol. The fourth-order valence-electron chi connectivity index (χ4n) is 2.54. The van der Waals surface area contributed by atoms with E-state index in [1.54, 1.807) is 0 Å². The van der Waals surface area contributed by atoms with Crippen LogP contribution in [-0.4, -0.2) is 36.6 Å².